The number of hydrogen-bond donors (Lipinski definition) is 0. The first-order valence-corrected chi connectivity index (χ1v) is 19.2. The first kappa shape index (κ1) is 22.2. The topological polar surface area (TPSA) is 53.5 Å². The molecule has 4 heterocycles. The lowest BCUT2D eigenvalue weighted by atomic mass is 9.85. The molecule has 0 unspecified atom stereocenters. The van der Waals surface area contributed by atoms with E-state index in [-0.39, 0.29) is 83.4 Å². The first-order chi connectivity index (χ1) is 35.2. The Morgan fingerprint density at radius 3 is 1.24 bits per heavy atom. The van der Waals surface area contributed by atoms with Gasteiger partial charge in [0.05, 0.1) is 60.7 Å². The lowest BCUT2D eigenvalue weighted by molar-refractivity contribution is 0.590. The van der Waals surface area contributed by atoms with Crippen LogP contribution in [-0.2, 0) is 10.8 Å². The maximum Gasteiger partial charge on any atom is 0.240 e. The van der Waals surface area contributed by atoms with Gasteiger partial charge in [0.2, 0.25) is 11.9 Å². The highest BCUT2D eigenvalue weighted by molar-refractivity contribution is 6.11. The molecule has 11 aromatic rings. The molecule has 0 saturated heterocycles. The number of para-hydroxylation sites is 5. The van der Waals surface area contributed by atoms with Gasteiger partial charge >= 0.3 is 0 Å². The van der Waals surface area contributed by atoms with E-state index >= 15 is 0 Å². The Labute approximate surface area is 365 Å². The van der Waals surface area contributed by atoms with Crippen LogP contribution in [0.3, 0.4) is 0 Å². The van der Waals surface area contributed by atoms with Crippen molar-refractivity contribution in [2.45, 2.75) is 52.4 Å². The third kappa shape index (κ3) is 5.43. The van der Waals surface area contributed by atoms with Gasteiger partial charge in [0.25, 0.3) is 0 Å². The van der Waals surface area contributed by atoms with E-state index in [9.17, 15) is 5.48 Å². The maximum atomic E-state index is 9.35. The average molecular weight is 781 g/mol. The van der Waals surface area contributed by atoms with Crippen LogP contribution in [0.1, 0.15) is 74.6 Å². The summed E-state index contributed by atoms with van der Waals surface area (Å²) in [4.78, 5) is 15.3. The number of nitrogens with zero attached hydrogens (tertiary/aromatic N) is 6. The van der Waals surface area contributed by atoms with Crippen LogP contribution >= 0.6 is 0 Å². The van der Waals surface area contributed by atoms with Crippen molar-refractivity contribution < 1.29 is 21.9 Å². The Bertz CT molecular complexity index is 4180. The van der Waals surface area contributed by atoms with Crippen molar-refractivity contribution in [2.75, 3.05) is 0 Å². The van der Waals surface area contributed by atoms with Crippen LogP contribution in [0.25, 0.3) is 94.4 Å². The predicted octanol–water partition coefficient (Wildman–Crippen LogP) is 13.4. The van der Waals surface area contributed by atoms with E-state index < -0.39 is 96.7 Å². The SMILES string of the molecule is [2H]c1c([2H])c([2H])c2c(c1[2H])c1c([2H])c([2H])c([2H])c([2H])c1n2-c1nc(-c2ccccc2-n2c3c([2H])c([2H])c([2H])c([2H])c3c3c([2H])c([2H])c([2H])c([2H])c32)nc(-n2c3ccc(C(C)(C)C)cc3c3cc(C(C)(C)C)ccc32)n1. The van der Waals surface area contributed by atoms with Crippen LogP contribution < -0.4 is 0 Å². The summed E-state index contributed by atoms with van der Waals surface area (Å²) in [5.74, 6) is -0.523. The molecule has 0 radical (unpaired) electrons. The number of hydrogen-bond acceptors (Lipinski definition) is 3. The highest BCUT2D eigenvalue weighted by Gasteiger charge is 2.25. The molecule has 6 heteroatoms. The predicted molar refractivity (Wildman–Crippen MR) is 246 cm³/mol. The Morgan fingerprint density at radius 2 is 0.797 bits per heavy atom. The van der Waals surface area contributed by atoms with Crippen LogP contribution in [0, 0.1) is 0 Å². The zero-order chi connectivity index (χ0) is 54.1. The Morgan fingerprint density at radius 1 is 0.407 bits per heavy atom. The summed E-state index contributed by atoms with van der Waals surface area (Å²) in [5, 5.41) is 0.974. The molecule has 11 rings (SSSR count). The van der Waals surface area contributed by atoms with Gasteiger partial charge in [-0.2, -0.15) is 15.0 Å². The van der Waals surface area contributed by atoms with Crippen LogP contribution in [0.15, 0.2) is 157 Å². The van der Waals surface area contributed by atoms with Gasteiger partial charge in [-0.05, 0) is 82.5 Å². The molecule has 0 aliphatic carbocycles. The fourth-order valence-electron chi connectivity index (χ4n) is 7.99. The van der Waals surface area contributed by atoms with Crippen molar-refractivity contribution in [1.29, 1.82) is 0 Å². The molecule has 59 heavy (non-hydrogen) atoms. The van der Waals surface area contributed by atoms with Crippen molar-refractivity contribution in [2.24, 2.45) is 0 Å². The highest BCUT2D eigenvalue weighted by Crippen LogP contribution is 2.40. The van der Waals surface area contributed by atoms with Gasteiger partial charge in [-0.15, -0.1) is 0 Å². The van der Waals surface area contributed by atoms with E-state index in [2.05, 4.69) is 53.7 Å². The van der Waals surface area contributed by atoms with Crippen molar-refractivity contribution >= 4 is 65.4 Å². The molecule has 0 aliphatic rings. The molecular weight excluding hydrogens is 721 g/mol. The molecule has 0 fully saturated rings. The summed E-state index contributed by atoms with van der Waals surface area (Å²) in [6.07, 6.45) is 0. The molecular formula is C53H44N6. The third-order valence-corrected chi connectivity index (χ3v) is 11.0. The van der Waals surface area contributed by atoms with Crippen molar-refractivity contribution in [3.8, 4) is 29.0 Å². The van der Waals surface area contributed by atoms with E-state index in [1.54, 1.807) is 24.3 Å². The number of aromatic nitrogens is 6. The largest absolute Gasteiger partial charge is 0.309 e. The van der Waals surface area contributed by atoms with E-state index in [0.717, 1.165) is 21.9 Å². The van der Waals surface area contributed by atoms with Gasteiger partial charge in [-0.1, -0.05) is 138 Å². The van der Waals surface area contributed by atoms with Crippen LogP contribution in [0.5, 0.6) is 0 Å². The second kappa shape index (κ2) is 12.7. The first-order valence-electron chi connectivity index (χ1n) is 27.2. The molecule has 0 aliphatic heterocycles. The van der Waals surface area contributed by atoms with Gasteiger partial charge < -0.3 is 4.57 Å². The second-order valence-electron chi connectivity index (χ2n) is 16.6. The molecule has 0 amide bonds. The van der Waals surface area contributed by atoms with E-state index in [1.807, 2.05) is 28.8 Å². The number of benzene rings is 7. The summed E-state index contributed by atoms with van der Waals surface area (Å²) in [5.41, 5.74) is 2.27. The smallest absolute Gasteiger partial charge is 0.240 e. The molecule has 0 N–H and O–H groups in total. The van der Waals surface area contributed by atoms with Crippen molar-refractivity contribution in [1.82, 2.24) is 28.7 Å². The zero-order valence-electron chi connectivity index (χ0n) is 49.0. The van der Waals surface area contributed by atoms with Gasteiger partial charge in [0.1, 0.15) is 0 Å². The third-order valence-electron chi connectivity index (χ3n) is 11.0. The summed E-state index contributed by atoms with van der Waals surface area (Å²) < 4.78 is 148. The van der Waals surface area contributed by atoms with Gasteiger partial charge in [-0.3, -0.25) is 9.13 Å². The molecule has 286 valence electrons. The molecule has 0 bridgehead atoms. The van der Waals surface area contributed by atoms with Crippen molar-refractivity contribution in [3.05, 3.63) is 168 Å². The van der Waals surface area contributed by atoms with Gasteiger partial charge in [-0.25, -0.2) is 0 Å². The summed E-state index contributed by atoms with van der Waals surface area (Å²) in [6, 6.07) is 9.14. The molecule has 0 atom stereocenters. The molecule has 4 aromatic heterocycles. The molecule has 0 spiro atoms. The number of rotatable bonds is 4. The normalized spacial score (nSPS) is 16.4. The van der Waals surface area contributed by atoms with Crippen LogP contribution in [-0.4, -0.2) is 28.7 Å². The van der Waals surface area contributed by atoms with E-state index in [1.165, 1.54) is 9.13 Å². The fourth-order valence-corrected chi connectivity index (χ4v) is 7.99. The standard InChI is InChI=1S/C53H44N6/c1-52(2,3)33-27-29-47-40(31-33)41-32-34(53(4,5)6)28-30-48(41)59(47)51-55-49(54-50(56-51)58-44-24-14-9-19-37(44)38-20-10-15-25-45(38)58)39-21-11-16-26-46(39)57-42-22-12-7-17-35(42)36-18-8-13-23-43(36)57/h7-32H,1-6H3/i7D,8D,9D,10D,12D,13D,14D,15D,17D,18D,19D,20D,22D,23D,24D,25D. The minimum atomic E-state index is -0.654. The number of fused-ring (bicyclic) bond motifs is 9. The Kier molecular flexibility index (Phi) is 4.79. The van der Waals surface area contributed by atoms with Gasteiger partial charge in [0, 0.05) is 37.9 Å². The van der Waals surface area contributed by atoms with E-state index in [0.29, 0.717) is 11.0 Å². The quantitative estimate of drug-likeness (QED) is 0.179. The highest BCUT2D eigenvalue weighted by atomic mass is 15.3. The fraction of sp³-hybridized carbons (Fsp3) is 0.151. The van der Waals surface area contributed by atoms with Crippen LogP contribution in [0.4, 0.5) is 0 Å². The van der Waals surface area contributed by atoms with Gasteiger partial charge in [0.15, 0.2) is 5.82 Å². The maximum absolute atomic E-state index is 9.35. The minimum absolute atomic E-state index is 0.0421. The molecule has 6 nitrogen and oxygen atoms in total. The summed E-state index contributed by atoms with van der Waals surface area (Å²) in [7, 11) is 0. The Balaban J connectivity index is 1.36. The average Bonchev–Trinajstić information content (AvgIpc) is 4.07. The monoisotopic (exact) mass is 780 g/mol. The summed E-state index contributed by atoms with van der Waals surface area (Å²) in [6.45, 7) is 12.7. The minimum Gasteiger partial charge on any atom is -0.309 e. The zero-order valence-corrected chi connectivity index (χ0v) is 33.0. The summed E-state index contributed by atoms with van der Waals surface area (Å²) >= 11 is 0. The van der Waals surface area contributed by atoms with E-state index in [4.69, 9.17) is 31.4 Å². The molecule has 0 saturated carbocycles. The Hall–Kier alpha value is -7.05. The lowest BCUT2D eigenvalue weighted by Crippen LogP contribution is -2.12. The van der Waals surface area contributed by atoms with Crippen LogP contribution in [0.2, 0.25) is 0 Å². The molecule has 7 aromatic carbocycles. The second-order valence-corrected chi connectivity index (χ2v) is 16.6. The lowest BCUT2D eigenvalue weighted by Gasteiger charge is -2.19. The van der Waals surface area contributed by atoms with Crippen molar-refractivity contribution in [3.63, 3.8) is 0 Å².